The van der Waals surface area contributed by atoms with Crippen LogP contribution in [0.15, 0.2) is 18.3 Å². The molecule has 0 radical (unpaired) electrons. The Bertz CT molecular complexity index is 346. The van der Waals surface area contributed by atoms with Gasteiger partial charge in [-0.3, -0.25) is 4.98 Å². The van der Waals surface area contributed by atoms with Gasteiger partial charge in [-0.15, -0.1) is 0 Å². The fourth-order valence-electron chi connectivity index (χ4n) is 2.73. The van der Waals surface area contributed by atoms with Crippen LogP contribution >= 0.6 is 0 Å². The monoisotopic (exact) mass is 220 g/mol. The number of hydrogen-bond acceptors (Lipinski definition) is 3. The minimum Gasteiger partial charge on any atom is -0.390 e. The molecule has 0 spiro atoms. The Morgan fingerprint density at radius 3 is 2.69 bits per heavy atom. The van der Waals surface area contributed by atoms with Gasteiger partial charge in [0.25, 0.3) is 0 Å². The van der Waals surface area contributed by atoms with Crippen LogP contribution in [-0.2, 0) is 12.0 Å². The lowest BCUT2D eigenvalue weighted by atomic mass is 9.69. The molecule has 0 saturated heterocycles. The maximum Gasteiger partial charge on any atom is 0.0853 e. The predicted octanol–water partition coefficient (Wildman–Crippen LogP) is 1.73. The van der Waals surface area contributed by atoms with Gasteiger partial charge in [0, 0.05) is 18.2 Å². The Balaban J connectivity index is 2.31. The lowest BCUT2D eigenvalue weighted by molar-refractivity contribution is 0.274. The number of aliphatic hydroxyl groups excluding tert-OH is 1. The molecule has 1 aromatic heterocycles. The number of hydrogen-bond donors (Lipinski definition) is 2. The van der Waals surface area contributed by atoms with Crippen LogP contribution in [0.3, 0.4) is 0 Å². The molecule has 1 aliphatic carbocycles. The smallest absolute Gasteiger partial charge is 0.0853 e. The predicted molar refractivity (Wildman–Crippen MR) is 64.0 cm³/mol. The van der Waals surface area contributed by atoms with Gasteiger partial charge in [0.2, 0.25) is 0 Å². The highest BCUT2D eigenvalue weighted by Crippen LogP contribution is 2.38. The first-order valence-corrected chi connectivity index (χ1v) is 6.07. The van der Waals surface area contributed by atoms with E-state index in [1.54, 1.807) is 6.20 Å². The summed E-state index contributed by atoms with van der Waals surface area (Å²) in [7, 11) is 0. The summed E-state index contributed by atoms with van der Waals surface area (Å²) in [6.07, 6.45) is 7.95. The van der Waals surface area contributed by atoms with E-state index >= 15 is 0 Å². The lowest BCUT2D eigenvalue weighted by Gasteiger charge is -2.36. The molecule has 0 bridgehead atoms. The largest absolute Gasteiger partial charge is 0.390 e. The van der Waals surface area contributed by atoms with Crippen molar-refractivity contribution in [2.75, 3.05) is 6.54 Å². The minimum absolute atomic E-state index is 0.00842. The second-order valence-electron chi connectivity index (χ2n) is 4.74. The first kappa shape index (κ1) is 11.6. The molecular formula is C13H20N2O. The molecule has 0 amide bonds. The molecule has 3 nitrogen and oxygen atoms in total. The lowest BCUT2D eigenvalue weighted by Crippen LogP contribution is -2.37. The van der Waals surface area contributed by atoms with Gasteiger partial charge in [0.05, 0.1) is 12.3 Å². The van der Waals surface area contributed by atoms with Gasteiger partial charge < -0.3 is 10.8 Å². The van der Waals surface area contributed by atoms with E-state index in [0.29, 0.717) is 6.54 Å². The van der Waals surface area contributed by atoms with E-state index in [1.807, 2.05) is 6.07 Å². The van der Waals surface area contributed by atoms with Gasteiger partial charge >= 0.3 is 0 Å². The highest BCUT2D eigenvalue weighted by Gasteiger charge is 2.32. The molecule has 1 aliphatic rings. The third-order valence-electron chi connectivity index (χ3n) is 3.79. The van der Waals surface area contributed by atoms with E-state index in [-0.39, 0.29) is 12.0 Å². The number of aliphatic hydroxyl groups is 1. The van der Waals surface area contributed by atoms with Crippen molar-refractivity contribution in [3.8, 4) is 0 Å². The Kier molecular flexibility index (Phi) is 3.56. The van der Waals surface area contributed by atoms with Crippen molar-refractivity contribution in [2.24, 2.45) is 5.73 Å². The zero-order valence-electron chi connectivity index (χ0n) is 9.65. The van der Waals surface area contributed by atoms with Crippen molar-refractivity contribution < 1.29 is 5.11 Å². The Labute approximate surface area is 96.7 Å². The van der Waals surface area contributed by atoms with Gasteiger partial charge in [0.15, 0.2) is 0 Å². The second-order valence-corrected chi connectivity index (χ2v) is 4.74. The molecule has 3 heteroatoms. The molecule has 1 fully saturated rings. The van der Waals surface area contributed by atoms with E-state index < -0.39 is 0 Å². The standard InChI is InChI=1S/C13H20N2O/c14-10-13(5-2-1-3-6-13)11-4-7-15-12(8-11)9-16/h4,7-8,16H,1-3,5-6,9-10,14H2. The van der Waals surface area contributed by atoms with Crippen LogP contribution in [0.1, 0.15) is 43.4 Å². The van der Waals surface area contributed by atoms with Crippen molar-refractivity contribution in [3.63, 3.8) is 0 Å². The van der Waals surface area contributed by atoms with Crippen LogP contribution in [0.4, 0.5) is 0 Å². The van der Waals surface area contributed by atoms with E-state index in [2.05, 4.69) is 11.1 Å². The quantitative estimate of drug-likeness (QED) is 0.815. The van der Waals surface area contributed by atoms with E-state index in [1.165, 1.54) is 37.7 Å². The Hall–Kier alpha value is -0.930. The first-order chi connectivity index (χ1) is 7.80. The summed E-state index contributed by atoms with van der Waals surface area (Å²) < 4.78 is 0. The molecule has 2 rings (SSSR count). The molecule has 3 N–H and O–H groups in total. The first-order valence-electron chi connectivity index (χ1n) is 6.07. The van der Waals surface area contributed by atoms with Crippen LogP contribution in [-0.4, -0.2) is 16.6 Å². The maximum atomic E-state index is 9.12. The molecule has 0 aliphatic heterocycles. The van der Waals surface area contributed by atoms with Crippen LogP contribution in [0, 0.1) is 0 Å². The fourth-order valence-corrected chi connectivity index (χ4v) is 2.73. The van der Waals surface area contributed by atoms with E-state index in [0.717, 1.165) is 5.69 Å². The third-order valence-corrected chi connectivity index (χ3v) is 3.79. The van der Waals surface area contributed by atoms with Gasteiger partial charge in [-0.05, 0) is 30.5 Å². The zero-order valence-corrected chi connectivity index (χ0v) is 9.65. The SMILES string of the molecule is NCC1(c2ccnc(CO)c2)CCCCC1. The van der Waals surface area contributed by atoms with Crippen LogP contribution in [0.25, 0.3) is 0 Å². The Morgan fingerprint density at radius 1 is 1.31 bits per heavy atom. The van der Waals surface area contributed by atoms with Crippen LogP contribution < -0.4 is 5.73 Å². The van der Waals surface area contributed by atoms with Crippen molar-refractivity contribution >= 4 is 0 Å². The van der Waals surface area contributed by atoms with E-state index in [4.69, 9.17) is 10.8 Å². The second kappa shape index (κ2) is 4.93. The topological polar surface area (TPSA) is 59.1 Å². The summed E-state index contributed by atoms with van der Waals surface area (Å²) in [4.78, 5) is 4.13. The highest BCUT2D eigenvalue weighted by molar-refractivity contribution is 5.27. The summed E-state index contributed by atoms with van der Waals surface area (Å²) in [5.74, 6) is 0. The van der Waals surface area contributed by atoms with Gasteiger partial charge in [0.1, 0.15) is 0 Å². The molecule has 0 aromatic carbocycles. The van der Waals surface area contributed by atoms with Gasteiger partial charge in [-0.25, -0.2) is 0 Å². The third kappa shape index (κ3) is 2.11. The Morgan fingerprint density at radius 2 is 2.06 bits per heavy atom. The number of nitrogens with zero attached hydrogens (tertiary/aromatic N) is 1. The molecule has 16 heavy (non-hydrogen) atoms. The number of aromatic nitrogens is 1. The number of rotatable bonds is 3. The molecule has 88 valence electrons. The molecular weight excluding hydrogens is 200 g/mol. The fraction of sp³-hybridized carbons (Fsp3) is 0.615. The van der Waals surface area contributed by atoms with Gasteiger partial charge in [-0.2, -0.15) is 0 Å². The molecule has 0 unspecified atom stereocenters. The maximum absolute atomic E-state index is 9.12. The summed E-state index contributed by atoms with van der Waals surface area (Å²) in [5, 5.41) is 9.12. The zero-order chi connectivity index (χ0) is 11.4. The molecule has 1 heterocycles. The van der Waals surface area contributed by atoms with E-state index in [9.17, 15) is 0 Å². The normalized spacial score (nSPS) is 19.6. The summed E-state index contributed by atoms with van der Waals surface area (Å²) >= 11 is 0. The molecule has 0 atom stereocenters. The minimum atomic E-state index is 0.00842. The van der Waals surface area contributed by atoms with Crippen LogP contribution in [0.5, 0.6) is 0 Å². The number of pyridine rings is 1. The summed E-state index contributed by atoms with van der Waals surface area (Å²) in [6, 6.07) is 4.06. The summed E-state index contributed by atoms with van der Waals surface area (Å²) in [6.45, 7) is 0.705. The molecule has 1 saturated carbocycles. The van der Waals surface area contributed by atoms with Crippen molar-refractivity contribution in [1.82, 2.24) is 4.98 Å². The van der Waals surface area contributed by atoms with Crippen molar-refractivity contribution in [3.05, 3.63) is 29.6 Å². The number of nitrogens with two attached hydrogens (primary N) is 1. The summed E-state index contributed by atoms with van der Waals surface area (Å²) in [5.41, 5.74) is 8.11. The van der Waals surface area contributed by atoms with Gasteiger partial charge in [-0.1, -0.05) is 19.3 Å². The van der Waals surface area contributed by atoms with Crippen molar-refractivity contribution in [1.29, 1.82) is 0 Å². The average molecular weight is 220 g/mol. The van der Waals surface area contributed by atoms with Crippen LogP contribution in [0.2, 0.25) is 0 Å². The highest BCUT2D eigenvalue weighted by atomic mass is 16.3. The molecule has 1 aromatic rings. The van der Waals surface area contributed by atoms with Crippen molar-refractivity contribution in [2.45, 2.75) is 44.1 Å². The average Bonchev–Trinajstić information content (AvgIpc) is 2.39.